The molecule has 1 saturated heterocycles. The fraction of sp³-hybridized carbons (Fsp3) is 0.652. The van der Waals surface area contributed by atoms with Gasteiger partial charge in [-0.1, -0.05) is 32.4 Å². The number of guanidine groups is 1. The van der Waals surface area contributed by atoms with Gasteiger partial charge in [-0.2, -0.15) is 0 Å². The average molecular weight is 546 g/mol. The van der Waals surface area contributed by atoms with Crippen molar-refractivity contribution in [1.29, 1.82) is 0 Å². The number of aliphatic imine (C=N–C) groups is 1. The zero-order valence-corrected chi connectivity index (χ0v) is 21.8. The van der Waals surface area contributed by atoms with E-state index in [4.69, 9.17) is 9.73 Å². The Labute approximate surface area is 204 Å². The number of rotatable bonds is 10. The first-order valence-electron chi connectivity index (χ1n) is 11.2. The number of nitrogens with zero attached hydrogens (tertiary/aromatic N) is 2. The molecule has 1 aliphatic rings. The Hall–Kier alpha value is -1.55. The molecule has 0 aromatic heterocycles. The maximum Gasteiger partial charge on any atom is 0.222 e. The molecule has 3 N–H and O–H groups in total. The highest BCUT2D eigenvalue weighted by Gasteiger charge is 2.22. The molecule has 31 heavy (non-hydrogen) atoms. The quantitative estimate of drug-likeness (QED) is 0.182. The van der Waals surface area contributed by atoms with Crippen LogP contribution in [0.4, 0.5) is 0 Å². The van der Waals surface area contributed by atoms with Gasteiger partial charge in [-0.3, -0.25) is 14.7 Å². The smallest absolute Gasteiger partial charge is 0.222 e. The number of nitrogens with one attached hydrogen (secondary N) is 3. The van der Waals surface area contributed by atoms with Gasteiger partial charge in [-0.15, -0.1) is 24.0 Å². The highest BCUT2D eigenvalue weighted by molar-refractivity contribution is 14.0. The number of benzene rings is 1. The van der Waals surface area contributed by atoms with Crippen LogP contribution < -0.4 is 20.7 Å². The molecule has 0 radical (unpaired) electrons. The molecular formula is C23H40IN5O2. The third-order valence-corrected chi connectivity index (χ3v) is 5.34. The molecule has 0 aliphatic carbocycles. The summed E-state index contributed by atoms with van der Waals surface area (Å²) in [5.74, 6) is 1.73. The SMILES string of the molecule is CCNC(=NCC(c1ccc(OC)cc1)N1CCCCC1)NCCNC(=O)C(C)C.I. The second kappa shape index (κ2) is 15.3. The van der Waals surface area contributed by atoms with Gasteiger partial charge in [-0.05, 0) is 50.6 Å². The minimum absolute atomic E-state index is 0. The van der Waals surface area contributed by atoms with E-state index in [-0.39, 0.29) is 41.8 Å². The standard InChI is InChI=1S/C23H39N5O2.HI/c1-5-24-23(26-14-13-25-22(29)18(2)3)27-17-21(28-15-7-6-8-16-28)19-9-11-20(30-4)12-10-19;/h9-12,18,21H,5-8,13-17H2,1-4H3,(H,25,29)(H2,24,26,27);1H. The van der Waals surface area contributed by atoms with Gasteiger partial charge in [0.1, 0.15) is 5.75 Å². The van der Waals surface area contributed by atoms with Gasteiger partial charge < -0.3 is 20.7 Å². The maximum atomic E-state index is 11.7. The van der Waals surface area contributed by atoms with Crippen LogP contribution in [-0.2, 0) is 4.79 Å². The average Bonchev–Trinajstić information content (AvgIpc) is 2.77. The number of piperidine rings is 1. The van der Waals surface area contributed by atoms with Crippen molar-refractivity contribution >= 4 is 35.8 Å². The molecule has 2 rings (SSSR count). The van der Waals surface area contributed by atoms with Crippen molar-refractivity contribution in [3.8, 4) is 5.75 Å². The summed E-state index contributed by atoms with van der Waals surface area (Å²) in [6.07, 6.45) is 3.79. The van der Waals surface area contributed by atoms with Crippen LogP contribution in [0, 0.1) is 5.92 Å². The van der Waals surface area contributed by atoms with Gasteiger partial charge in [0.25, 0.3) is 0 Å². The molecule has 1 unspecified atom stereocenters. The molecule has 8 heteroatoms. The Morgan fingerprint density at radius 1 is 1.06 bits per heavy atom. The fourth-order valence-electron chi connectivity index (χ4n) is 3.58. The molecule has 1 aromatic carbocycles. The van der Waals surface area contributed by atoms with E-state index in [0.717, 1.165) is 31.3 Å². The van der Waals surface area contributed by atoms with Gasteiger partial charge in [0.2, 0.25) is 5.91 Å². The largest absolute Gasteiger partial charge is 0.497 e. The summed E-state index contributed by atoms with van der Waals surface area (Å²) in [7, 11) is 1.69. The van der Waals surface area contributed by atoms with Crippen LogP contribution in [0.2, 0.25) is 0 Å². The second-order valence-electron chi connectivity index (χ2n) is 7.98. The van der Waals surface area contributed by atoms with Crippen LogP contribution >= 0.6 is 24.0 Å². The zero-order chi connectivity index (χ0) is 21.8. The summed E-state index contributed by atoms with van der Waals surface area (Å²) in [5, 5.41) is 9.57. The van der Waals surface area contributed by atoms with Gasteiger partial charge in [-0.25, -0.2) is 0 Å². The van der Waals surface area contributed by atoms with Crippen LogP contribution in [0.15, 0.2) is 29.3 Å². The molecular weight excluding hydrogens is 505 g/mol. The lowest BCUT2D eigenvalue weighted by Crippen LogP contribution is -2.43. The number of halogens is 1. The van der Waals surface area contributed by atoms with Crippen molar-refractivity contribution in [1.82, 2.24) is 20.9 Å². The van der Waals surface area contributed by atoms with Gasteiger partial charge >= 0.3 is 0 Å². The van der Waals surface area contributed by atoms with Gasteiger partial charge in [0, 0.05) is 25.6 Å². The minimum Gasteiger partial charge on any atom is -0.497 e. The monoisotopic (exact) mass is 545 g/mol. The number of methoxy groups -OCH3 is 1. The normalized spacial score (nSPS) is 15.7. The molecule has 0 spiro atoms. The predicted molar refractivity (Wildman–Crippen MR) is 138 cm³/mol. The van der Waals surface area contributed by atoms with Crippen LogP contribution in [0.1, 0.15) is 51.6 Å². The fourth-order valence-corrected chi connectivity index (χ4v) is 3.58. The van der Waals surface area contributed by atoms with Gasteiger partial charge in [0.15, 0.2) is 5.96 Å². The number of amides is 1. The lowest BCUT2D eigenvalue weighted by Gasteiger charge is -2.34. The van der Waals surface area contributed by atoms with E-state index in [1.165, 1.54) is 24.8 Å². The molecule has 7 nitrogen and oxygen atoms in total. The number of likely N-dealkylation sites (tertiary alicyclic amines) is 1. The third-order valence-electron chi connectivity index (χ3n) is 5.34. The third kappa shape index (κ3) is 9.64. The van der Waals surface area contributed by atoms with E-state index in [2.05, 4.69) is 39.9 Å². The number of hydrogen-bond acceptors (Lipinski definition) is 4. The number of carbonyl (C=O) groups excluding carboxylic acids is 1. The molecule has 176 valence electrons. The molecule has 1 atom stereocenters. The van der Waals surface area contributed by atoms with Crippen LogP contribution in [-0.4, -0.2) is 63.1 Å². The number of hydrogen-bond donors (Lipinski definition) is 3. The molecule has 1 heterocycles. The zero-order valence-electron chi connectivity index (χ0n) is 19.4. The second-order valence-corrected chi connectivity index (χ2v) is 7.98. The van der Waals surface area contributed by atoms with E-state index in [0.29, 0.717) is 19.6 Å². The van der Waals surface area contributed by atoms with Crippen molar-refractivity contribution in [2.24, 2.45) is 10.9 Å². The molecule has 1 fully saturated rings. The first kappa shape index (κ1) is 27.5. The lowest BCUT2D eigenvalue weighted by molar-refractivity contribution is -0.123. The first-order chi connectivity index (χ1) is 14.5. The maximum absolute atomic E-state index is 11.7. The van der Waals surface area contributed by atoms with Crippen molar-refractivity contribution in [3.05, 3.63) is 29.8 Å². The summed E-state index contributed by atoms with van der Waals surface area (Å²) < 4.78 is 5.32. The lowest BCUT2D eigenvalue weighted by atomic mass is 10.0. The molecule has 1 aliphatic heterocycles. The Bertz CT molecular complexity index is 660. The van der Waals surface area contributed by atoms with Crippen molar-refractivity contribution < 1.29 is 9.53 Å². The van der Waals surface area contributed by atoms with Crippen molar-refractivity contribution in [3.63, 3.8) is 0 Å². The highest BCUT2D eigenvalue weighted by Crippen LogP contribution is 2.26. The number of ether oxygens (including phenoxy) is 1. The topological polar surface area (TPSA) is 78.0 Å². The minimum atomic E-state index is 0. The van der Waals surface area contributed by atoms with E-state index in [9.17, 15) is 4.79 Å². The molecule has 0 saturated carbocycles. The summed E-state index contributed by atoms with van der Waals surface area (Å²) in [6.45, 7) is 10.8. The molecule has 1 aromatic rings. The Kier molecular flexibility index (Phi) is 13.6. The summed E-state index contributed by atoms with van der Waals surface area (Å²) in [5.41, 5.74) is 1.27. The summed E-state index contributed by atoms with van der Waals surface area (Å²) in [6, 6.07) is 8.59. The number of carbonyl (C=O) groups is 1. The Morgan fingerprint density at radius 2 is 1.71 bits per heavy atom. The van der Waals surface area contributed by atoms with Crippen molar-refractivity contribution in [2.45, 2.75) is 46.1 Å². The van der Waals surface area contributed by atoms with Gasteiger partial charge in [0.05, 0.1) is 19.7 Å². The molecule has 0 bridgehead atoms. The van der Waals surface area contributed by atoms with E-state index >= 15 is 0 Å². The van der Waals surface area contributed by atoms with E-state index in [1.54, 1.807) is 7.11 Å². The van der Waals surface area contributed by atoms with Crippen molar-refractivity contribution in [2.75, 3.05) is 46.4 Å². The Balaban J connectivity index is 0.00000480. The highest BCUT2D eigenvalue weighted by atomic mass is 127. The van der Waals surface area contributed by atoms with Crippen LogP contribution in [0.25, 0.3) is 0 Å². The predicted octanol–water partition coefficient (Wildman–Crippen LogP) is 3.17. The van der Waals surface area contributed by atoms with E-state index in [1.807, 2.05) is 26.0 Å². The Morgan fingerprint density at radius 3 is 2.29 bits per heavy atom. The van der Waals surface area contributed by atoms with Crippen LogP contribution in [0.5, 0.6) is 5.75 Å². The summed E-state index contributed by atoms with van der Waals surface area (Å²) >= 11 is 0. The van der Waals surface area contributed by atoms with Crippen LogP contribution in [0.3, 0.4) is 0 Å². The molecule has 1 amide bonds. The first-order valence-corrected chi connectivity index (χ1v) is 11.2. The summed E-state index contributed by atoms with van der Waals surface area (Å²) in [4.78, 5) is 19.1. The van der Waals surface area contributed by atoms with E-state index < -0.39 is 0 Å².